The molecule has 2 fully saturated rings. The molecule has 8 nitrogen and oxygen atoms in total. The van der Waals surface area contributed by atoms with Crippen LogP contribution in [0.1, 0.15) is 24.2 Å². The molecule has 2 atom stereocenters. The maximum absolute atomic E-state index is 11.9. The SMILES string of the molecule is CC(C)Oc1cc2c(N3CC4NCC(=O)NC4C3)nccc2cc1C(N)=O. The summed E-state index contributed by atoms with van der Waals surface area (Å²) in [6.45, 7) is 5.56. The van der Waals surface area contributed by atoms with Gasteiger partial charge < -0.3 is 26.0 Å². The van der Waals surface area contributed by atoms with Gasteiger partial charge in [-0.25, -0.2) is 4.98 Å². The summed E-state index contributed by atoms with van der Waals surface area (Å²) >= 11 is 0. The average Bonchev–Trinajstić information content (AvgIpc) is 3.02. The third-order valence-corrected chi connectivity index (χ3v) is 4.96. The van der Waals surface area contributed by atoms with E-state index in [4.69, 9.17) is 10.5 Å². The quantitative estimate of drug-likeness (QED) is 0.720. The molecule has 2 amide bonds. The number of fused-ring (bicyclic) bond motifs is 2. The van der Waals surface area contributed by atoms with Crippen LogP contribution in [0.3, 0.4) is 0 Å². The van der Waals surface area contributed by atoms with Crippen molar-refractivity contribution < 1.29 is 14.3 Å². The van der Waals surface area contributed by atoms with Crippen molar-refractivity contribution in [1.29, 1.82) is 0 Å². The van der Waals surface area contributed by atoms with Crippen molar-refractivity contribution in [2.75, 3.05) is 24.5 Å². The number of pyridine rings is 1. The fourth-order valence-corrected chi connectivity index (χ4v) is 3.79. The van der Waals surface area contributed by atoms with Crippen molar-refractivity contribution in [3.05, 3.63) is 30.0 Å². The zero-order chi connectivity index (χ0) is 19.1. The molecule has 2 aliphatic heterocycles. The molecule has 2 aliphatic rings. The van der Waals surface area contributed by atoms with Crippen LogP contribution in [0.15, 0.2) is 24.4 Å². The van der Waals surface area contributed by atoms with Gasteiger partial charge in [0.2, 0.25) is 5.91 Å². The number of anilines is 1. The van der Waals surface area contributed by atoms with Crippen LogP contribution in [0.2, 0.25) is 0 Å². The van der Waals surface area contributed by atoms with Crippen molar-refractivity contribution in [3.63, 3.8) is 0 Å². The molecule has 1 aromatic carbocycles. The van der Waals surface area contributed by atoms with Crippen molar-refractivity contribution in [2.24, 2.45) is 5.73 Å². The van der Waals surface area contributed by atoms with Crippen LogP contribution in [0, 0.1) is 0 Å². The molecule has 27 heavy (non-hydrogen) atoms. The van der Waals surface area contributed by atoms with Gasteiger partial charge in [0.05, 0.1) is 24.3 Å². The summed E-state index contributed by atoms with van der Waals surface area (Å²) < 4.78 is 5.82. The number of carbonyl (C=O) groups excluding carboxylic acids is 2. The number of piperazine rings is 1. The first-order valence-electron chi connectivity index (χ1n) is 9.09. The number of benzene rings is 1. The number of aromatic nitrogens is 1. The monoisotopic (exact) mass is 369 g/mol. The van der Waals surface area contributed by atoms with Gasteiger partial charge >= 0.3 is 0 Å². The third-order valence-electron chi connectivity index (χ3n) is 4.96. The van der Waals surface area contributed by atoms with E-state index in [0.717, 1.165) is 23.1 Å². The first-order chi connectivity index (χ1) is 12.9. The molecule has 2 saturated heterocycles. The summed E-state index contributed by atoms with van der Waals surface area (Å²) in [5, 5.41) is 8.07. The number of ether oxygens (including phenoxy) is 1. The molecule has 4 rings (SSSR count). The lowest BCUT2D eigenvalue weighted by Crippen LogP contribution is -2.58. The molecule has 2 aromatic rings. The zero-order valence-corrected chi connectivity index (χ0v) is 15.4. The van der Waals surface area contributed by atoms with Gasteiger partial charge in [-0.2, -0.15) is 0 Å². The van der Waals surface area contributed by atoms with E-state index < -0.39 is 5.91 Å². The number of rotatable bonds is 4. The molecule has 8 heteroatoms. The van der Waals surface area contributed by atoms with Crippen molar-refractivity contribution in [2.45, 2.75) is 32.0 Å². The molecule has 4 N–H and O–H groups in total. The Morgan fingerprint density at radius 3 is 2.85 bits per heavy atom. The summed E-state index contributed by atoms with van der Waals surface area (Å²) in [7, 11) is 0. The van der Waals surface area contributed by atoms with Gasteiger partial charge in [0.15, 0.2) is 0 Å². The van der Waals surface area contributed by atoms with E-state index in [9.17, 15) is 9.59 Å². The molecule has 0 saturated carbocycles. The highest BCUT2D eigenvalue weighted by molar-refractivity contribution is 6.03. The highest BCUT2D eigenvalue weighted by Gasteiger charge is 2.37. The molecule has 2 unspecified atom stereocenters. The Balaban J connectivity index is 1.75. The number of hydrogen-bond donors (Lipinski definition) is 3. The first kappa shape index (κ1) is 17.5. The Bertz CT molecular complexity index is 914. The lowest BCUT2D eigenvalue weighted by atomic mass is 10.1. The number of primary amides is 1. The molecular formula is C19H23N5O3. The van der Waals surface area contributed by atoms with Gasteiger partial charge in [-0.05, 0) is 37.4 Å². The Morgan fingerprint density at radius 1 is 1.33 bits per heavy atom. The van der Waals surface area contributed by atoms with Gasteiger partial charge in [0.25, 0.3) is 5.91 Å². The van der Waals surface area contributed by atoms with Crippen LogP contribution in [0.5, 0.6) is 5.75 Å². The molecule has 1 aromatic heterocycles. The Labute approximate surface area is 157 Å². The summed E-state index contributed by atoms with van der Waals surface area (Å²) in [5.41, 5.74) is 5.90. The molecule has 142 valence electrons. The summed E-state index contributed by atoms with van der Waals surface area (Å²) in [5.74, 6) is 0.762. The van der Waals surface area contributed by atoms with Gasteiger partial charge in [-0.3, -0.25) is 9.59 Å². The number of nitrogens with one attached hydrogen (secondary N) is 2. The zero-order valence-electron chi connectivity index (χ0n) is 15.4. The number of nitrogens with zero attached hydrogens (tertiary/aromatic N) is 2. The normalized spacial score (nSPS) is 22.0. The lowest BCUT2D eigenvalue weighted by Gasteiger charge is -2.25. The van der Waals surface area contributed by atoms with E-state index in [0.29, 0.717) is 24.4 Å². The summed E-state index contributed by atoms with van der Waals surface area (Å²) in [4.78, 5) is 30.2. The molecule has 0 spiro atoms. The minimum absolute atomic E-state index is 0.0164. The van der Waals surface area contributed by atoms with Crippen LogP contribution >= 0.6 is 0 Å². The van der Waals surface area contributed by atoms with E-state index in [1.165, 1.54) is 0 Å². The Hall–Kier alpha value is -2.87. The lowest BCUT2D eigenvalue weighted by molar-refractivity contribution is -0.122. The molecule has 3 heterocycles. The van der Waals surface area contributed by atoms with Crippen molar-refractivity contribution >= 4 is 28.4 Å². The van der Waals surface area contributed by atoms with Crippen LogP contribution in [0.25, 0.3) is 10.8 Å². The number of carbonyl (C=O) groups is 2. The second kappa shape index (κ2) is 6.70. The van der Waals surface area contributed by atoms with Crippen molar-refractivity contribution in [1.82, 2.24) is 15.6 Å². The fourth-order valence-electron chi connectivity index (χ4n) is 3.79. The second-order valence-electron chi connectivity index (χ2n) is 7.30. The molecule has 0 bridgehead atoms. The standard InChI is InChI=1S/C19H23N5O3/c1-10(2)27-16-6-12-11(5-13(16)18(20)26)3-4-21-19(12)24-8-14-15(9-24)23-17(25)7-22-14/h3-6,10,14-15,22H,7-9H2,1-2H3,(H2,20,26)(H,23,25). The highest BCUT2D eigenvalue weighted by Crippen LogP contribution is 2.33. The van der Waals surface area contributed by atoms with Crippen LogP contribution in [-0.4, -0.2) is 54.6 Å². The topological polar surface area (TPSA) is 110 Å². The molecule has 0 radical (unpaired) electrons. The summed E-state index contributed by atoms with van der Waals surface area (Å²) in [6, 6.07) is 5.69. The Morgan fingerprint density at radius 2 is 2.11 bits per heavy atom. The third kappa shape index (κ3) is 3.28. The van der Waals surface area contributed by atoms with Crippen LogP contribution in [-0.2, 0) is 4.79 Å². The minimum atomic E-state index is -0.523. The smallest absolute Gasteiger partial charge is 0.252 e. The van der Waals surface area contributed by atoms with E-state index in [1.807, 2.05) is 26.0 Å². The van der Waals surface area contributed by atoms with Gasteiger partial charge in [0.1, 0.15) is 11.6 Å². The van der Waals surface area contributed by atoms with E-state index >= 15 is 0 Å². The molecular weight excluding hydrogens is 346 g/mol. The first-order valence-corrected chi connectivity index (χ1v) is 9.09. The van der Waals surface area contributed by atoms with Gasteiger partial charge in [-0.15, -0.1) is 0 Å². The minimum Gasteiger partial charge on any atom is -0.490 e. The fraction of sp³-hybridized carbons (Fsp3) is 0.421. The highest BCUT2D eigenvalue weighted by atomic mass is 16.5. The predicted molar refractivity (Wildman–Crippen MR) is 102 cm³/mol. The number of amides is 2. The van der Waals surface area contributed by atoms with Gasteiger partial charge in [0, 0.05) is 30.7 Å². The second-order valence-corrected chi connectivity index (χ2v) is 7.30. The van der Waals surface area contributed by atoms with Gasteiger partial charge in [-0.1, -0.05) is 0 Å². The van der Waals surface area contributed by atoms with Crippen molar-refractivity contribution in [3.8, 4) is 5.75 Å². The number of hydrogen-bond acceptors (Lipinski definition) is 6. The van der Waals surface area contributed by atoms with E-state index in [-0.39, 0.29) is 24.1 Å². The average molecular weight is 369 g/mol. The summed E-state index contributed by atoms with van der Waals surface area (Å²) in [6.07, 6.45) is 1.63. The predicted octanol–water partition coefficient (Wildman–Crippen LogP) is 0.398. The maximum atomic E-state index is 11.9. The van der Waals surface area contributed by atoms with E-state index in [2.05, 4.69) is 20.5 Å². The number of nitrogens with two attached hydrogens (primary N) is 1. The van der Waals surface area contributed by atoms with Crippen LogP contribution < -0.4 is 26.0 Å². The van der Waals surface area contributed by atoms with Crippen LogP contribution in [0.4, 0.5) is 5.82 Å². The largest absolute Gasteiger partial charge is 0.490 e. The molecule has 0 aliphatic carbocycles. The Kier molecular flexibility index (Phi) is 4.35. The van der Waals surface area contributed by atoms with E-state index in [1.54, 1.807) is 12.3 Å². The maximum Gasteiger partial charge on any atom is 0.252 e.